The second-order valence-electron chi connectivity index (χ2n) is 6.56. The van der Waals surface area contributed by atoms with E-state index in [0.717, 1.165) is 19.6 Å². The average Bonchev–Trinajstić information content (AvgIpc) is 2.87. The highest BCUT2D eigenvalue weighted by Gasteiger charge is 2.36. The number of anilines is 1. The molecule has 0 amide bonds. The standard InChI is InChI=1S/C18H23N3/c1-2-9-18(8-1)14-21(12-4-10-20-18)17-6-3-5-15-13-19-11-7-16(15)17/h3,5-7,11,13,20H,1-2,4,8-10,12,14H2. The third-order valence-corrected chi connectivity index (χ3v) is 5.16. The maximum absolute atomic E-state index is 4.26. The van der Waals surface area contributed by atoms with E-state index in [4.69, 9.17) is 0 Å². The van der Waals surface area contributed by atoms with E-state index in [0.29, 0.717) is 5.54 Å². The van der Waals surface area contributed by atoms with Gasteiger partial charge in [-0.15, -0.1) is 0 Å². The first-order chi connectivity index (χ1) is 10.4. The summed E-state index contributed by atoms with van der Waals surface area (Å²) in [6.45, 7) is 3.45. The quantitative estimate of drug-likeness (QED) is 0.869. The van der Waals surface area contributed by atoms with Gasteiger partial charge in [-0.2, -0.15) is 0 Å². The average molecular weight is 281 g/mol. The first kappa shape index (κ1) is 13.1. The summed E-state index contributed by atoms with van der Waals surface area (Å²) in [7, 11) is 0. The maximum atomic E-state index is 4.26. The monoisotopic (exact) mass is 281 g/mol. The van der Waals surface area contributed by atoms with E-state index in [1.807, 2.05) is 12.4 Å². The Morgan fingerprint density at radius 3 is 2.90 bits per heavy atom. The van der Waals surface area contributed by atoms with E-state index in [1.54, 1.807) is 0 Å². The van der Waals surface area contributed by atoms with E-state index >= 15 is 0 Å². The van der Waals surface area contributed by atoms with Crippen LogP contribution in [-0.2, 0) is 0 Å². The molecule has 4 rings (SSSR count). The Morgan fingerprint density at radius 2 is 2.00 bits per heavy atom. The number of nitrogens with zero attached hydrogens (tertiary/aromatic N) is 2. The predicted molar refractivity (Wildman–Crippen MR) is 87.8 cm³/mol. The Kier molecular flexibility index (Phi) is 3.30. The van der Waals surface area contributed by atoms with Gasteiger partial charge in [-0.05, 0) is 37.9 Å². The van der Waals surface area contributed by atoms with Crippen molar-refractivity contribution in [3.8, 4) is 0 Å². The number of benzene rings is 1. The predicted octanol–water partition coefficient (Wildman–Crippen LogP) is 3.35. The van der Waals surface area contributed by atoms with Crippen LogP contribution in [0.25, 0.3) is 10.8 Å². The molecule has 3 nitrogen and oxygen atoms in total. The van der Waals surface area contributed by atoms with Gasteiger partial charge in [-0.25, -0.2) is 0 Å². The molecule has 1 aromatic heterocycles. The minimum atomic E-state index is 0.353. The zero-order valence-electron chi connectivity index (χ0n) is 12.5. The van der Waals surface area contributed by atoms with Gasteiger partial charge in [0.2, 0.25) is 0 Å². The van der Waals surface area contributed by atoms with Gasteiger partial charge in [0.25, 0.3) is 0 Å². The van der Waals surface area contributed by atoms with Crippen LogP contribution in [0, 0.1) is 0 Å². The minimum Gasteiger partial charge on any atom is -0.369 e. The highest BCUT2D eigenvalue weighted by Crippen LogP contribution is 2.35. The summed E-state index contributed by atoms with van der Waals surface area (Å²) in [5, 5.41) is 6.43. The van der Waals surface area contributed by atoms with Gasteiger partial charge in [0.1, 0.15) is 0 Å². The maximum Gasteiger partial charge on any atom is 0.0447 e. The van der Waals surface area contributed by atoms with Crippen molar-refractivity contribution < 1.29 is 0 Å². The van der Waals surface area contributed by atoms with E-state index in [-0.39, 0.29) is 0 Å². The molecule has 2 heterocycles. The molecule has 1 aliphatic heterocycles. The van der Waals surface area contributed by atoms with Crippen LogP contribution in [0.15, 0.2) is 36.7 Å². The van der Waals surface area contributed by atoms with E-state index in [1.165, 1.54) is 48.6 Å². The van der Waals surface area contributed by atoms with Crippen LogP contribution >= 0.6 is 0 Å². The Bertz CT molecular complexity index is 626. The summed E-state index contributed by atoms with van der Waals surface area (Å²) in [6.07, 6.45) is 10.5. The van der Waals surface area contributed by atoms with Crippen molar-refractivity contribution in [2.24, 2.45) is 0 Å². The molecule has 110 valence electrons. The minimum absolute atomic E-state index is 0.353. The van der Waals surface area contributed by atoms with E-state index in [9.17, 15) is 0 Å². The molecule has 1 saturated carbocycles. The molecule has 2 aliphatic rings. The van der Waals surface area contributed by atoms with Gasteiger partial charge in [0, 0.05) is 47.5 Å². The van der Waals surface area contributed by atoms with Gasteiger partial charge in [-0.3, -0.25) is 4.98 Å². The molecule has 3 heteroatoms. The van der Waals surface area contributed by atoms with Gasteiger partial charge in [-0.1, -0.05) is 25.0 Å². The molecular formula is C18H23N3. The van der Waals surface area contributed by atoms with Crippen molar-refractivity contribution in [3.05, 3.63) is 36.7 Å². The summed E-state index contributed by atoms with van der Waals surface area (Å²) >= 11 is 0. The fourth-order valence-corrected chi connectivity index (χ4v) is 4.10. The molecule has 0 bridgehead atoms. The zero-order valence-corrected chi connectivity index (χ0v) is 12.5. The van der Waals surface area contributed by atoms with Crippen LogP contribution in [0.5, 0.6) is 0 Å². The smallest absolute Gasteiger partial charge is 0.0447 e. The van der Waals surface area contributed by atoms with Gasteiger partial charge < -0.3 is 10.2 Å². The van der Waals surface area contributed by atoms with Gasteiger partial charge in [0.15, 0.2) is 0 Å². The van der Waals surface area contributed by atoms with Crippen LogP contribution in [0.2, 0.25) is 0 Å². The summed E-state index contributed by atoms with van der Waals surface area (Å²) in [5.41, 5.74) is 1.73. The Hall–Kier alpha value is -1.61. The lowest BCUT2D eigenvalue weighted by Gasteiger charge is -2.35. The molecule has 21 heavy (non-hydrogen) atoms. The first-order valence-corrected chi connectivity index (χ1v) is 8.19. The zero-order chi connectivity index (χ0) is 14.1. The summed E-state index contributed by atoms with van der Waals surface area (Å²) < 4.78 is 0. The Balaban J connectivity index is 1.73. The highest BCUT2D eigenvalue weighted by molar-refractivity contribution is 5.93. The number of hydrogen-bond donors (Lipinski definition) is 1. The molecule has 2 aromatic rings. The van der Waals surface area contributed by atoms with Gasteiger partial charge in [0.05, 0.1) is 0 Å². The topological polar surface area (TPSA) is 28.2 Å². The van der Waals surface area contributed by atoms with Crippen molar-refractivity contribution in [3.63, 3.8) is 0 Å². The van der Waals surface area contributed by atoms with Gasteiger partial charge >= 0.3 is 0 Å². The second kappa shape index (κ2) is 5.30. The second-order valence-corrected chi connectivity index (χ2v) is 6.56. The lowest BCUT2D eigenvalue weighted by Crippen LogP contribution is -2.49. The van der Waals surface area contributed by atoms with Crippen molar-refractivity contribution in [2.45, 2.75) is 37.6 Å². The molecule has 2 fully saturated rings. The lowest BCUT2D eigenvalue weighted by atomic mass is 9.96. The Morgan fingerprint density at radius 1 is 1.10 bits per heavy atom. The molecule has 1 aliphatic carbocycles. The van der Waals surface area contributed by atoms with Crippen LogP contribution in [-0.4, -0.2) is 30.2 Å². The van der Waals surface area contributed by atoms with E-state index < -0.39 is 0 Å². The number of fused-ring (bicyclic) bond motifs is 1. The number of hydrogen-bond acceptors (Lipinski definition) is 3. The van der Waals surface area contributed by atoms with Crippen LogP contribution < -0.4 is 10.2 Å². The first-order valence-electron chi connectivity index (χ1n) is 8.19. The number of pyridine rings is 1. The molecule has 1 saturated heterocycles. The third-order valence-electron chi connectivity index (χ3n) is 5.16. The summed E-state index contributed by atoms with van der Waals surface area (Å²) in [6, 6.07) is 8.76. The molecular weight excluding hydrogens is 258 g/mol. The van der Waals surface area contributed by atoms with Crippen molar-refractivity contribution >= 4 is 16.5 Å². The Labute approximate surface area is 126 Å². The normalized spacial score (nSPS) is 21.8. The number of nitrogens with one attached hydrogen (secondary N) is 1. The van der Waals surface area contributed by atoms with Crippen LogP contribution in [0.1, 0.15) is 32.1 Å². The summed E-state index contributed by atoms with van der Waals surface area (Å²) in [5.74, 6) is 0. The lowest BCUT2D eigenvalue weighted by molar-refractivity contribution is 0.355. The number of rotatable bonds is 1. The molecule has 0 atom stereocenters. The van der Waals surface area contributed by atoms with Crippen molar-refractivity contribution in [2.75, 3.05) is 24.5 Å². The highest BCUT2D eigenvalue weighted by atomic mass is 15.2. The van der Waals surface area contributed by atoms with Crippen LogP contribution in [0.3, 0.4) is 0 Å². The van der Waals surface area contributed by atoms with Crippen molar-refractivity contribution in [1.29, 1.82) is 0 Å². The van der Waals surface area contributed by atoms with E-state index in [2.05, 4.69) is 39.5 Å². The molecule has 1 N–H and O–H groups in total. The third kappa shape index (κ3) is 2.40. The van der Waals surface area contributed by atoms with Crippen molar-refractivity contribution in [1.82, 2.24) is 10.3 Å². The molecule has 1 aromatic carbocycles. The molecule has 0 unspecified atom stereocenters. The SMILES string of the molecule is c1cc(N2CCCNC3(CCCC3)C2)c2ccncc2c1. The summed E-state index contributed by atoms with van der Waals surface area (Å²) in [4.78, 5) is 6.86. The van der Waals surface area contributed by atoms with Crippen LogP contribution in [0.4, 0.5) is 5.69 Å². The molecule has 1 spiro atoms. The largest absolute Gasteiger partial charge is 0.369 e. The number of aromatic nitrogens is 1. The molecule has 0 radical (unpaired) electrons. The fraction of sp³-hybridized carbons (Fsp3) is 0.500. The fourth-order valence-electron chi connectivity index (χ4n) is 4.10.